The third-order valence-electron chi connectivity index (χ3n) is 5.57. The lowest BCUT2D eigenvalue weighted by molar-refractivity contribution is -0.150. The zero-order chi connectivity index (χ0) is 19.0. The van der Waals surface area contributed by atoms with Crippen LogP contribution in [0.1, 0.15) is 35.8 Å². The van der Waals surface area contributed by atoms with Gasteiger partial charge in [0.2, 0.25) is 11.8 Å². The number of carbonyl (C=O) groups excluding carboxylic acids is 3. The Hall–Kier alpha value is -2.86. The molecule has 136 valence electrons. The largest absolute Gasteiger partial charge is 0.302 e. The van der Waals surface area contributed by atoms with Gasteiger partial charge in [-0.25, -0.2) is 0 Å². The predicted octanol–water partition coefficient (Wildman–Crippen LogP) is 2.43. The maximum atomic E-state index is 13.3. The monoisotopic (exact) mass is 378 g/mol. The molecule has 2 amide bonds. The topological polar surface area (TPSA) is 75.3 Å². The molecule has 2 aliphatic rings. The minimum Gasteiger partial charge on any atom is -0.302 e. The van der Waals surface area contributed by atoms with Crippen LogP contribution in [0.4, 0.5) is 0 Å². The van der Waals surface area contributed by atoms with Crippen molar-refractivity contribution < 1.29 is 14.4 Å². The average Bonchev–Trinajstić information content (AvgIpc) is 2.67. The maximum Gasteiger partial charge on any atom is 0.243 e. The van der Waals surface area contributed by atoms with E-state index in [-0.39, 0.29) is 23.7 Å². The Morgan fingerprint density at radius 1 is 0.741 bits per heavy atom. The zero-order valence-electron chi connectivity index (χ0n) is 14.5. The Labute approximate surface area is 162 Å². The lowest BCUT2D eigenvalue weighted by Crippen LogP contribution is -2.67. The normalized spacial score (nSPS) is 24.4. The number of benzene rings is 2. The highest BCUT2D eigenvalue weighted by molar-refractivity contribution is 7.80. The molecule has 0 unspecified atom stereocenters. The van der Waals surface area contributed by atoms with E-state index in [1.807, 2.05) is 60.7 Å². The summed E-state index contributed by atoms with van der Waals surface area (Å²) >= 11 is 5.02. The van der Waals surface area contributed by atoms with Gasteiger partial charge >= 0.3 is 0 Å². The molecular formula is C21H18N2O3S. The molecule has 0 bridgehead atoms. The van der Waals surface area contributed by atoms with Crippen LogP contribution in [0, 0.1) is 5.41 Å². The van der Waals surface area contributed by atoms with Crippen LogP contribution in [0.15, 0.2) is 60.7 Å². The van der Waals surface area contributed by atoms with E-state index >= 15 is 0 Å². The second-order valence-electron chi connectivity index (χ2n) is 6.98. The van der Waals surface area contributed by atoms with E-state index in [9.17, 15) is 14.4 Å². The first kappa shape index (κ1) is 17.5. The number of nitrogens with one attached hydrogen (secondary N) is 2. The molecule has 1 spiro atoms. The van der Waals surface area contributed by atoms with Gasteiger partial charge in [-0.05, 0) is 23.3 Å². The van der Waals surface area contributed by atoms with E-state index in [0.717, 1.165) is 11.1 Å². The summed E-state index contributed by atoms with van der Waals surface area (Å²) in [5, 5.41) is 5.27. The fourth-order valence-corrected chi connectivity index (χ4v) is 4.60. The highest BCUT2D eigenvalue weighted by Gasteiger charge is 2.62. The fraction of sp³-hybridized carbons (Fsp3) is 0.238. The van der Waals surface area contributed by atoms with Gasteiger partial charge < -0.3 is 10.6 Å². The number of rotatable bonds is 2. The fourth-order valence-electron chi connectivity index (χ4n) is 4.42. The molecule has 1 saturated heterocycles. The summed E-state index contributed by atoms with van der Waals surface area (Å²) in [6.07, 6.45) is 0.280. The number of amides is 2. The van der Waals surface area contributed by atoms with Gasteiger partial charge in [0.05, 0.1) is 0 Å². The molecule has 1 saturated carbocycles. The van der Waals surface area contributed by atoms with Crippen LogP contribution in [0.2, 0.25) is 0 Å². The zero-order valence-corrected chi connectivity index (χ0v) is 15.3. The Morgan fingerprint density at radius 2 is 1.15 bits per heavy atom. The van der Waals surface area contributed by atoms with E-state index in [4.69, 9.17) is 12.2 Å². The van der Waals surface area contributed by atoms with Gasteiger partial charge in [0.25, 0.3) is 0 Å². The number of thiocarbonyl (C=S) groups is 1. The molecule has 2 fully saturated rings. The molecule has 1 aliphatic heterocycles. The number of carbonyl (C=O) groups is 3. The van der Waals surface area contributed by atoms with Crippen LogP contribution < -0.4 is 10.6 Å². The van der Waals surface area contributed by atoms with E-state index in [1.54, 1.807) is 0 Å². The lowest BCUT2D eigenvalue weighted by Gasteiger charge is -2.48. The minimum atomic E-state index is -1.43. The third-order valence-corrected chi connectivity index (χ3v) is 5.78. The van der Waals surface area contributed by atoms with Gasteiger partial charge in [-0.15, -0.1) is 0 Å². The second-order valence-corrected chi connectivity index (χ2v) is 7.39. The van der Waals surface area contributed by atoms with Crippen molar-refractivity contribution in [2.75, 3.05) is 0 Å². The van der Waals surface area contributed by atoms with Crippen molar-refractivity contribution in [2.24, 2.45) is 5.41 Å². The maximum absolute atomic E-state index is 13.3. The summed E-state index contributed by atoms with van der Waals surface area (Å²) in [5.41, 5.74) is 0.160. The molecule has 2 N–H and O–H groups in total. The predicted molar refractivity (Wildman–Crippen MR) is 104 cm³/mol. The Balaban J connectivity index is 1.95. The van der Waals surface area contributed by atoms with Crippen LogP contribution in [-0.4, -0.2) is 22.7 Å². The molecule has 0 radical (unpaired) electrons. The van der Waals surface area contributed by atoms with Crippen molar-refractivity contribution in [3.63, 3.8) is 0 Å². The van der Waals surface area contributed by atoms with Gasteiger partial charge in [-0.1, -0.05) is 60.7 Å². The van der Waals surface area contributed by atoms with E-state index in [0.29, 0.717) is 0 Å². The van der Waals surface area contributed by atoms with E-state index < -0.39 is 29.1 Å². The molecule has 1 aliphatic carbocycles. The summed E-state index contributed by atoms with van der Waals surface area (Å²) in [7, 11) is 0. The molecule has 4 rings (SSSR count). The third kappa shape index (κ3) is 2.77. The quantitative estimate of drug-likeness (QED) is 0.622. The summed E-state index contributed by atoms with van der Waals surface area (Å²) in [6.45, 7) is 0. The second kappa shape index (κ2) is 6.70. The van der Waals surface area contributed by atoms with Crippen LogP contribution in [0.5, 0.6) is 0 Å². The molecule has 2 atom stereocenters. The number of Topliss-reactive ketones (excluding diaryl/α,β-unsaturated/α-hetero) is 1. The van der Waals surface area contributed by atoms with Gasteiger partial charge in [0, 0.05) is 24.7 Å². The molecule has 6 heteroatoms. The minimum absolute atomic E-state index is 0.00569. The van der Waals surface area contributed by atoms with Gasteiger partial charge in [0.1, 0.15) is 11.2 Å². The highest BCUT2D eigenvalue weighted by atomic mass is 32.1. The number of hydrogen-bond acceptors (Lipinski definition) is 4. The highest BCUT2D eigenvalue weighted by Crippen LogP contribution is 2.55. The SMILES string of the molecule is O=C1C[C@H](c2ccccc2)C2(C(=O)NC(=S)NC2=O)[C@H](c2ccccc2)C1. The molecule has 2 aromatic carbocycles. The summed E-state index contributed by atoms with van der Waals surface area (Å²) < 4.78 is 0. The van der Waals surface area contributed by atoms with Gasteiger partial charge in [-0.2, -0.15) is 0 Å². The Kier molecular flexibility index (Phi) is 4.36. The van der Waals surface area contributed by atoms with Crippen molar-refractivity contribution in [2.45, 2.75) is 24.7 Å². The summed E-state index contributed by atoms with van der Waals surface area (Å²) in [4.78, 5) is 39.2. The molecule has 5 nitrogen and oxygen atoms in total. The number of hydrogen-bond donors (Lipinski definition) is 2. The first-order valence-corrected chi connectivity index (χ1v) is 9.22. The molecule has 0 aromatic heterocycles. The van der Waals surface area contributed by atoms with Crippen molar-refractivity contribution in [1.29, 1.82) is 0 Å². The van der Waals surface area contributed by atoms with Gasteiger partial charge in [0.15, 0.2) is 5.11 Å². The van der Waals surface area contributed by atoms with Crippen LogP contribution >= 0.6 is 12.2 Å². The standard InChI is InChI=1S/C21H18N2O3S/c24-15-11-16(13-7-3-1-4-8-13)21(18(25)22-20(27)23-19(21)26)17(12-15)14-9-5-2-6-10-14/h1-10,16-17H,11-12H2,(H2,22,23,25,26,27)/t16-,17+. The van der Waals surface area contributed by atoms with Crippen LogP contribution in [0.3, 0.4) is 0 Å². The summed E-state index contributed by atoms with van der Waals surface area (Å²) in [6, 6.07) is 18.6. The Bertz CT molecular complexity index is 853. The Morgan fingerprint density at radius 3 is 1.56 bits per heavy atom. The smallest absolute Gasteiger partial charge is 0.243 e. The van der Waals surface area contributed by atoms with Crippen LogP contribution in [-0.2, 0) is 14.4 Å². The first-order valence-electron chi connectivity index (χ1n) is 8.82. The average molecular weight is 378 g/mol. The number of ketones is 1. The van der Waals surface area contributed by atoms with Crippen molar-refractivity contribution in [3.05, 3.63) is 71.8 Å². The molecule has 2 aromatic rings. The van der Waals surface area contributed by atoms with Crippen molar-refractivity contribution in [1.82, 2.24) is 10.6 Å². The van der Waals surface area contributed by atoms with Gasteiger partial charge in [-0.3, -0.25) is 14.4 Å². The molecule has 1 heterocycles. The lowest BCUT2D eigenvalue weighted by atomic mass is 9.54. The first-order chi connectivity index (χ1) is 13.0. The van der Waals surface area contributed by atoms with E-state index in [1.165, 1.54) is 0 Å². The van der Waals surface area contributed by atoms with Crippen molar-refractivity contribution in [3.8, 4) is 0 Å². The summed E-state index contributed by atoms with van der Waals surface area (Å²) in [5.74, 6) is -1.96. The van der Waals surface area contributed by atoms with E-state index in [2.05, 4.69) is 10.6 Å². The molecular weight excluding hydrogens is 360 g/mol. The van der Waals surface area contributed by atoms with Crippen molar-refractivity contribution >= 4 is 34.9 Å². The van der Waals surface area contributed by atoms with Crippen LogP contribution in [0.25, 0.3) is 0 Å². The molecule has 27 heavy (non-hydrogen) atoms.